The molecule has 0 aliphatic carbocycles. The number of phosphoric ester groups is 1. The van der Waals surface area contributed by atoms with E-state index in [1.54, 1.807) is 6.08 Å². The van der Waals surface area contributed by atoms with E-state index in [4.69, 9.17) is 9.05 Å². The summed E-state index contributed by atoms with van der Waals surface area (Å²) in [5.74, 6) is -0.200. The Hall–Kier alpha value is -1.02. The normalized spacial score (nSPS) is 13.9. The standard InChI is InChI=1S/C63H125N2O6P/c1-6-8-10-12-14-16-18-20-22-24-26-27-28-29-30-31-32-33-34-35-36-37-38-39-41-43-45-47-49-51-53-55-57-63(67)64-61(60-71-72(68,69)70-59-58-65(3,4)5)62(66)56-54-52-50-48-46-44-42-40-25-23-21-19-17-15-13-11-9-7-2/h46,48,54,56,61-62,66H,6-45,47,49-53,55,57-60H2,1-5H3,(H-,64,67,68,69)/b48-46+,56-54+. The number of carbonyl (C=O) groups is 1. The number of amides is 1. The van der Waals surface area contributed by atoms with Gasteiger partial charge in [0, 0.05) is 6.42 Å². The van der Waals surface area contributed by atoms with Crippen LogP contribution in [0, 0.1) is 0 Å². The van der Waals surface area contributed by atoms with Crippen molar-refractivity contribution in [1.29, 1.82) is 0 Å². The Labute approximate surface area is 449 Å². The van der Waals surface area contributed by atoms with Gasteiger partial charge in [0.2, 0.25) is 5.91 Å². The van der Waals surface area contributed by atoms with Crippen molar-refractivity contribution in [1.82, 2.24) is 5.32 Å². The molecule has 9 heteroatoms. The molecule has 0 fully saturated rings. The number of phosphoric acid groups is 1. The molecule has 72 heavy (non-hydrogen) atoms. The maximum Gasteiger partial charge on any atom is 0.268 e. The van der Waals surface area contributed by atoms with Crippen LogP contribution in [-0.2, 0) is 18.4 Å². The molecule has 0 spiro atoms. The number of nitrogens with zero attached hydrogens (tertiary/aromatic N) is 1. The topological polar surface area (TPSA) is 108 Å². The Morgan fingerprint density at radius 3 is 1.12 bits per heavy atom. The first-order valence-electron chi connectivity index (χ1n) is 31.7. The molecule has 0 aromatic rings. The molecule has 0 heterocycles. The molecule has 0 aromatic heterocycles. The zero-order chi connectivity index (χ0) is 52.7. The second kappa shape index (κ2) is 54.8. The van der Waals surface area contributed by atoms with Gasteiger partial charge in [0.25, 0.3) is 7.82 Å². The van der Waals surface area contributed by atoms with Crippen molar-refractivity contribution in [2.24, 2.45) is 0 Å². The molecule has 0 aliphatic rings. The Morgan fingerprint density at radius 2 is 0.778 bits per heavy atom. The number of nitrogens with one attached hydrogen (secondary N) is 1. The average Bonchev–Trinajstić information content (AvgIpc) is 3.34. The van der Waals surface area contributed by atoms with Gasteiger partial charge in [0.15, 0.2) is 0 Å². The maximum absolute atomic E-state index is 13.0. The summed E-state index contributed by atoms with van der Waals surface area (Å²) in [4.78, 5) is 25.5. The molecule has 0 radical (unpaired) electrons. The fourth-order valence-corrected chi connectivity index (χ4v) is 10.4. The van der Waals surface area contributed by atoms with Crippen LogP contribution in [0.15, 0.2) is 24.3 Å². The van der Waals surface area contributed by atoms with Crippen LogP contribution in [0.4, 0.5) is 0 Å². The third kappa shape index (κ3) is 56.7. The van der Waals surface area contributed by atoms with Gasteiger partial charge >= 0.3 is 0 Å². The maximum atomic E-state index is 13.0. The van der Waals surface area contributed by atoms with Crippen LogP contribution in [0.25, 0.3) is 0 Å². The van der Waals surface area contributed by atoms with Crippen LogP contribution in [0.5, 0.6) is 0 Å². The fourth-order valence-electron chi connectivity index (χ4n) is 9.70. The first kappa shape index (κ1) is 71.0. The highest BCUT2D eigenvalue weighted by Crippen LogP contribution is 2.38. The first-order chi connectivity index (χ1) is 35.0. The Kier molecular flexibility index (Phi) is 54.0. The minimum absolute atomic E-state index is 0.00367. The second-order valence-electron chi connectivity index (χ2n) is 23.1. The van der Waals surface area contributed by atoms with E-state index in [2.05, 4.69) is 31.3 Å². The van der Waals surface area contributed by atoms with E-state index in [0.29, 0.717) is 17.4 Å². The van der Waals surface area contributed by atoms with E-state index in [1.165, 1.54) is 263 Å². The highest BCUT2D eigenvalue weighted by atomic mass is 31.2. The molecule has 0 saturated carbocycles. The number of unbranched alkanes of at least 4 members (excludes halogenated alkanes) is 44. The van der Waals surface area contributed by atoms with Crippen LogP contribution >= 0.6 is 7.82 Å². The van der Waals surface area contributed by atoms with E-state index in [-0.39, 0.29) is 19.1 Å². The lowest BCUT2D eigenvalue weighted by Gasteiger charge is -2.29. The molecule has 0 aliphatic heterocycles. The van der Waals surface area contributed by atoms with Crippen LogP contribution < -0.4 is 10.2 Å². The predicted octanol–water partition coefficient (Wildman–Crippen LogP) is 18.9. The van der Waals surface area contributed by atoms with Crippen molar-refractivity contribution in [2.75, 3.05) is 40.9 Å². The van der Waals surface area contributed by atoms with Gasteiger partial charge in [-0.15, -0.1) is 0 Å². The quantitative estimate of drug-likeness (QED) is 0.0272. The highest BCUT2D eigenvalue weighted by Gasteiger charge is 2.23. The van der Waals surface area contributed by atoms with Crippen molar-refractivity contribution < 1.29 is 32.9 Å². The minimum atomic E-state index is -4.60. The van der Waals surface area contributed by atoms with E-state index in [9.17, 15) is 19.4 Å². The Balaban J connectivity index is 4.04. The summed E-state index contributed by atoms with van der Waals surface area (Å²) >= 11 is 0. The van der Waals surface area contributed by atoms with E-state index < -0.39 is 20.0 Å². The average molecular weight is 1040 g/mol. The van der Waals surface area contributed by atoms with Crippen LogP contribution in [0.2, 0.25) is 0 Å². The Bertz CT molecular complexity index is 1220. The molecule has 3 unspecified atom stereocenters. The third-order valence-corrected chi connectivity index (χ3v) is 15.6. The van der Waals surface area contributed by atoms with Gasteiger partial charge in [-0.25, -0.2) is 0 Å². The Morgan fingerprint density at radius 1 is 0.472 bits per heavy atom. The zero-order valence-corrected chi connectivity index (χ0v) is 49.8. The van der Waals surface area contributed by atoms with Crippen molar-refractivity contribution in [2.45, 2.75) is 334 Å². The summed E-state index contributed by atoms with van der Waals surface area (Å²) in [6.07, 6.45) is 70.0. The van der Waals surface area contributed by atoms with Crippen molar-refractivity contribution in [3.05, 3.63) is 24.3 Å². The van der Waals surface area contributed by atoms with Crippen LogP contribution in [-0.4, -0.2) is 68.5 Å². The molecule has 0 saturated heterocycles. The second-order valence-corrected chi connectivity index (χ2v) is 24.5. The van der Waals surface area contributed by atoms with Crippen LogP contribution in [0.3, 0.4) is 0 Å². The van der Waals surface area contributed by atoms with Gasteiger partial charge < -0.3 is 28.8 Å². The summed E-state index contributed by atoms with van der Waals surface area (Å²) in [6, 6.07) is -0.900. The number of hydrogen-bond donors (Lipinski definition) is 2. The van der Waals surface area contributed by atoms with Gasteiger partial charge in [-0.2, -0.15) is 0 Å². The molecule has 8 nitrogen and oxygen atoms in total. The molecular weight excluding hydrogens is 912 g/mol. The van der Waals surface area contributed by atoms with Gasteiger partial charge in [0.05, 0.1) is 39.9 Å². The largest absolute Gasteiger partial charge is 0.756 e. The molecular formula is C63H125N2O6P. The summed E-state index contributed by atoms with van der Waals surface area (Å²) in [6.45, 7) is 4.68. The van der Waals surface area contributed by atoms with Gasteiger partial charge in [-0.3, -0.25) is 9.36 Å². The summed E-state index contributed by atoms with van der Waals surface area (Å²) < 4.78 is 23.4. The lowest BCUT2D eigenvalue weighted by atomic mass is 10.0. The summed E-state index contributed by atoms with van der Waals surface area (Å²) in [5, 5.41) is 13.9. The molecule has 0 rings (SSSR count). The van der Waals surface area contributed by atoms with Crippen molar-refractivity contribution in [3.63, 3.8) is 0 Å². The molecule has 2 N–H and O–H groups in total. The predicted molar refractivity (Wildman–Crippen MR) is 312 cm³/mol. The highest BCUT2D eigenvalue weighted by molar-refractivity contribution is 7.45. The monoisotopic (exact) mass is 1040 g/mol. The van der Waals surface area contributed by atoms with E-state index in [0.717, 1.165) is 38.5 Å². The number of quaternary nitrogens is 1. The lowest BCUT2D eigenvalue weighted by Crippen LogP contribution is -2.45. The fraction of sp³-hybridized carbons (Fsp3) is 0.921. The smallest absolute Gasteiger partial charge is 0.268 e. The number of allylic oxidation sites excluding steroid dienone is 3. The number of aliphatic hydroxyl groups excluding tert-OH is 1. The van der Waals surface area contributed by atoms with Crippen molar-refractivity contribution in [3.8, 4) is 0 Å². The molecule has 1 amide bonds. The lowest BCUT2D eigenvalue weighted by molar-refractivity contribution is -0.870. The van der Waals surface area contributed by atoms with E-state index >= 15 is 0 Å². The van der Waals surface area contributed by atoms with Gasteiger partial charge in [-0.1, -0.05) is 308 Å². The molecule has 428 valence electrons. The van der Waals surface area contributed by atoms with Gasteiger partial charge in [-0.05, 0) is 32.1 Å². The van der Waals surface area contributed by atoms with Gasteiger partial charge in [0.1, 0.15) is 13.2 Å². The molecule has 3 atom stereocenters. The zero-order valence-electron chi connectivity index (χ0n) is 48.9. The minimum Gasteiger partial charge on any atom is -0.756 e. The number of hydrogen-bond acceptors (Lipinski definition) is 6. The van der Waals surface area contributed by atoms with E-state index in [1.807, 2.05) is 27.2 Å². The summed E-state index contributed by atoms with van der Waals surface area (Å²) in [5.41, 5.74) is 0. The number of aliphatic hydroxyl groups is 1. The summed E-state index contributed by atoms with van der Waals surface area (Å²) in [7, 11) is 1.26. The SMILES string of the molecule is CCCCCCCCCCCCCC/C=C/CC/C=C/C(O)C(COP(=O)([O-])OCC[N+](C)(C)C)NC(=O)CCCCCCCCCCCCCCCCCCCCCCCCCCCCCCCCCC. The molecule has 0 bridgehead atoms. The number of likely N-dealkylation sites (N-methyl/N-ethyl adjacent to an activating group) is 1. The third-order valence-electron chi connectivity index (χ3n) is 14.7. The van der Waals surface area contributed by atoms with Crippen LogP contribution in [0.1, 0.15) is 322 Å². The number of rotatable bonds is 59. The molecule has 0 aromatic carbocycles. The number of carbonyl (C=O) groups excluding carboxylic acids is 1. The van der Waals surface area contributed by atoms with Crippen molar-refractivity contribution >= 4 is 13.7 Å². The first-order valence-corrected chi connectivity index (χ1v) is 33.2.